The van der Waals surface area contributed by atoms with Gasteiger partial charge in [-0.05, 0) is 43.0 Å². The lowest BCUT2D eigenvalue weighted by atomic mass is 9.93. The smallest absolute Gasteiger partial charge is 0.306 e. The van der Waals surface area contributed by atoms with Gasteiger partial charge in [-0.2, -0.15) is 0 Å². The Kier molecular flexibility index (Phi) is 4.08. The summed E-state index contributed by atoms with van der Waals surface area (Å²) in [6, 6.07) is 1.42. The van der Waals surface area contributed by atoms with E-state index in [4.69, 9.17) is 5.11 Å². The molecule has 0 amide bonds. The molecule has 0 aromatic heterocycles. The zero-order valence-corrected chi connectivity index (χ0v) is 11.1. The molecule has 0 heterocycles. The molecule has 1 rings (SSSR count). The number of carbonyl (C=O) groups is 1. The molecule has 4 heteroatoms. The average molecular weight is 289 g/mol. The third-order valence-electron chi connectivity index (χ3n) is 2.81. The van der Waals surface area contributed by atoms with Crippen molar-refractivity contribution in [2.24, 2.45) is 5.92 Å². The van der Waals surface area contributed by atoms with Crippen LogP contribution in [0, 0.1) is 25.6 Å². The van der Waals surface area contributed by atoms with Crippen molar-refractivity contribution in [3.63, 3.8) is 0 Å². The highest BCUT2D eigenvalue weighted by atomic mass is 79.9. The van der Waals surface area contributed by atoms with Gasteiger partial charge in [0.15, 0.2) is 0 Å². The lowest BCUT2D eigenvalue weighted by molar-refractivity contribution is -0.141. The molecule has 0 saturated heterocycles. The standard InChI is InChI=1S/C12H14BrFO2/c1-6(12(15)16)4-9-7(2)10(13)5-11(14)8(9)3/h5-6H,4H2,1-3H3,(H,15,16). The van der Waals surface area contributed by atoms with Gasteiger partial charge in [0.25, 0.3) is 0 Å². The van der Waals surface area contributed by atoms with Crippen molar-refractivity contribution in [1.29, 1.82) is 0 Å². The van der Waals surface area contributed by atoms with E-state index in [-0.39, 0.29) is 5.82 Å². The summed E-state index contributed by atoms with van der Waals surface area (Å²) in [6.45, 7) is 5.17. The van der Waals surface area contributed by atoms with Crippen LogP contribution in [0.1, 0.15) is 23.6 Å². The van der Waals surface area contributed by atoms with Crippen molar-refractivity contribution in [3.05, 3.63) is 33.0 Å². The Balaban J connectivity index is 3.17. The first-order valence-corrected chi connectivity index (χ1v) is 5.80. The second-order valence-electron chi connectivity index (χ2n) is 4.01. The first-order valence-electron chi connectivity index (χ1n) is 5.01. The lowest BCUT2D eigenvalue weighted by Gasteiger charge is -2.14. The number of carboxylic acids is 1. The minimum Gasteiger partial charge on any atom is -0.481 e. The van der Waals surface area contributed by atoms with Crippen LogP contribution in [0.5, 0.6) is 0 Å². The van der Waals surface area contributed by atoms with Crippen molar-refractivity contribution >= 4 is 21.9 Å². The Hall–Kier alpha value is -0.900. The van der Waals surface area contributed by atoms with Gasteiger partial charge >= 0.3 is 5.97 Å². The van der Waals surface area contributed by atoms with E-state index in [9.17, 15) is 9.18 Å². The Bertz CT molecular complexity index is 403. The average Bonchev–Trinajstić information content (AvgIpc) is 2.21. The number of halogens is 2. The van der Waals surface area contributed by atoms with Gasteiger partial charge in [-0.15, -0.1) is 0 Å². The minimum absolute atomic E-state index is 0.301. The van der Waals surface area contributed by atoms with Crippen molar-refractivity contribution in [3.8, 4) is 0 Å². The van der Waals surface area contributed by atoms with E-state index >= 15 is 0 Å². The van der Waals surface area contributed by atoms with Crippen LogP contribution in [0.3, 0.4) is 0 Å². The normalized spacial score (nSPS) is 12.6. The molecule has 2 nitrogen and oxygen atoms in total. The quantitative estimate of drug-likeness (QED) is 0.925. The SMILES string of the molecule is Cc1c(F)cc(Br)c(C)c1CC(C)C(=O)O. The number of hydrogen-bond donors (Lipinski definition) is 1. The maximum atomic E-state index is 13.5. The van der Waals surface area contributed by atoms with E-state index in [0.717, 1.165) is 11.1 Å². The fourth-order valence-corrected chi connectivity index (χ4v) is 2.04. The van der Waals surface area contributed by atoms with Crippen LogP contribution in [-0.4, -0.2) is 11.1 Å². The van der Waals surface area contributed by atoms with Gasteiger partial charge in [0, 0.05) is 4.47 Å². The summed E-state index contributed by atoms with van der Waals surface area (Å²) in [5.74, 6) is -1.67. The number of carboxylic acid groups (broad SMARTS) is 1. The van der Waals surface area contributed by atoms with Crippen LogP contribution < -0.4 is 0 Å². The molecule has 0 aliphatic carbocycles. The largest absolute Gasteiger partial charge is 0.481 e. The summed E-state index contributed by atoms with van der Waals surface area (Å²) >= 11 is 3.27. The second kappa shape index (κ2) is 4.95. The van der Waals surface area contributed by atoms with Gasteiger partial charge in [-0.3, -0.25) is 4.79 Å². The molecule has 0 saturated carbocycles. The van der Waals surface area contributed by atoms with Crippen LogP contribution in [0.2, 0.25) is 0 Å². The molecular weight excluding hydrogens is 275 g/mol. The first-order chi connectivity index (χ1) is 7.34. The Morgan fingerprint density at radius 1 is 1.50 bits per heavy atom. The Labute approximate surface area is 103 Å². The van der Waals surface area contributed by atoms with Crippen LogP contribution in [-0.2, 0) is 11.2 Å². The van der Waals surface area contributed by atoms with E-state index in [1.807, 2.05) is 6.92 Å². The molecule has 0 aliphatic heterocycles. The Morgan fingerprint density at radius 2 is 2.06 bits per heavy atom. The molecule has 0 fully saturated rings. The molecular formula is C12H14BrFO2. The van der Waals surface area contributed by atoms with Crippen LogP contribution in [0.4, 0.5) is 4.39 Å². The molecule has 1 atom stereocenters. The highest BCUT2D eigenvalue weighted by Gasteiger charge is 2.17. The summed E-state index contributed by atoms with van der Waals surface area (Å²) in [7, 11) is 0. The predicted octanol–water partition coefficient (Wildman–Crippen LogP) is 3.47. The lowest BCUT2D eigenvalue weighted by Crippen LogP contribution is -2.14. The molecule has 0 radical (unpaired) electrons. The molecule has 0 aliphatic rings. The van der Waals surface area contributed by atoms with E-state index in [2.05, 4.69) is 15.9 Å². The summed E-state index contributed by atoms with van der Waals surface area (Å²) in [5, 5.41) is 8.86. The van der Waals surface area contributed by atoms with Gasteiger partial charge < -0.3 is 5.11 Å². The Morgan fingerprint density at radius 3 is 2.56 bits per heavy atom. The van der Waals surface area contributed by atoms with Gasteiger partial charge in [0.05, 0.1) is 5.92 Å². The molecule has 1 aromatic rings. The highest BCUT2D eigenvalue weighted by molar-refractivity contribution is 9.10. The van der Waals surface area contributed by atoms with Crippen molar-refractivity contribution < 1.29 is 14.3 Å². The van der Waals surface area contributed by atoms with E-state index in [0.29, 0.717) is 16.5 Å². The summed E-state index contributed by atoms with van der Waals surface area (Å²) < 4.78 is 14.2. The van der Waals surface area contributed by atoms with Crippen molar-refractivity contribution in [2.45, 2.75) is 27.2 Å². The number of benzene rings is 1. The number of aliphatic carboxylic acids is 1. The fourth-order valence-electron chi connectivity index (χ4n) is 1.60. The molecule has 0 spiro atoms. The molecule has 1 aromatic carbocycles. The zero-order chi connectivity index (χ0) is 12.5. The second-order valence-corrected chi connectivity index (χ2v) is 4.87. The van der Waals surface area contributed by atoms with E-state index in [1.54, 1.807) is 13.8 Å². The monoisotopic (exact) mass is 288 g/mol. The number of hydrogen-bond acceptors (Lipinski definition) is 1. The predicted molar refractivity (Wildman–Crippen MR) is 64.1 cm³/mol. The number of rotatable bonds is 3. The van der Waals surface area contributed by atoms with Crippen LogP contribution >= 0.6 is 15.9 Å². The van der Waals surface area contributed by atoms with E-state index < -0.39 is 11.9 Å². The highest BCUT2D eigenvalue weighted by Crippen LogP contribution is 2.27. The minimum atomic E-state index is -0.862. The molecule has 1 N–H and O–H groups in total. The third-order valence-corrected chi connectivity index (χ3v) is 3.63. The molecule has 16 heavy (non-hydrogen) atoms. The zero-order valence-electron chi connectivity index (χ0n) is 9.47. The molecule has 1 unspecified atom stereocenters. The third kappa shape index (κ3) is 2.61. The van der Waals surface area contributed by atoms with Gasteiger partial charge in [-0.1, -0.05) is 22.9 Å². The summed E-state index contributed by atoms with van der Waals surface area (Å²) in [5.41, 5.74) is 2.22. The van der Waals surface area contributed by atoms with Crippen molar-refractivity contribution in [2.75, 3.05) is 0 Å². The van der Waals surface area contributed by atoms with E-state index in [1.165, 1.54) is 6.07 Å². The van der Waals surface area contributed by atoms with Gasteiger partial charge in [0.2, 0.25) is 0 Å². The molecule has 88 valence electrons. The van der Waals surface area contributed by atoms with Gasteiger partial charge in [-0.25, -0.2) is 4.39 Å². The van der Waals surface area contributed by atoms with Crippen LogP contribution in [0.15, 0.2) is 10.5 Å². The fraction of sp³-hybridized carbons (Fsp3) is 0.417. The maximum absolute atomic E-state index is 13.5. The summed E-state index contributed by atoms with van der Waals surface area (Å²) in [4.78, 5) is 10.8. The topological polar surface area (TPSA) is 37.3 Å². The molecule has 0 bridgehead atoms. The van der Waals surface area contributed by atoms with Crippen LogP contribution in [0.25, 0.3) is 0 Å². The first kappa shape index (κ1) is 13.2. The van der Waals surface area contributed by atoms with Gasteiger partial charge in [0.1, 0.15) is 5.82 Å². The van der Waals surface area contributed by atoms with Crippen molar-refractivity contribution in [1.82, 2.24) is 0 Å². The summed E-state index contributed by atoms with van der Waals surface area (Å²) in [6.07, 6.45) is 0.351. The maximum Gasteiger partial charge on any atom is 0.306 e.